The van der Waals surface area contributed by atoms with Crippen LogP contribution in [0.4, 0.5) is 9.18 Å². The molecule has 136 valence electrons. The molecule has 0 unspecified atom stereocenters. The lowest BCUT2D eigenvalue weighted by Gasteiger charge is -2.22. The van der Waals surface area contributed by atoms with Crippen molar-refractivity contribution in [2.24, 2.45) is 5.92 Å². The normalized spacial score (nSPS) is 20.2. The van der Waals surface area contributed by atoms with Crippen molar-refractivity contribution in [2.75, 3.05) is 13.7 Å². The van der Waals surface area contributed by atoms with Gasteiger partial charge in [0.2, 0.25) is 0 Å². The van der Waals surface area contributed by atoms with Crippen molar-refractivity contribution in [1.29, 1.82) is 0 Å². The van der Waals surface area contributed by atoms with Crippen LogP contribution in [0, 0.1) is 11.7 Å². The van der Waals surface area contributed by atoms with Crippen LogP contribution in [-0.2, 0) is 4.79 Å². The standard InChI is InChI=1S/C18H23FN2O4/c1-11(2)7-8-18(3)16(23)21(17(24)20-18)10-14(22)12-5-6-15(25-4)13(19)9-12/h5-6,9,11H,7-8,10H2,1-4H3,(H,20,24)/t18-/m1/s1. The third kappa shape index (κ3) is 3.97. The number of carbonyl (C=O) groups excluding carboxylic acids is 3. The highest BCUT2D eigenvalue weighted by atomic mass is 19.1. The highest BCUT2D eigenvalue weighted by molar-refractivity contribution is 6.11. The predicted octanol–water partition coefficient (Wildman–Crippen LogP) is 2.76. The number of hydrogen-bond acceptors (Lipinski definition) is 4. The van der Waals surface area contributed by atoms with Crippen LogP contribution in [-0.4, -0.2) is 41.8 Å². The molecule has 1 aromatic rings. The molecule has 2 rings (SSSR count). The van der Waals surface area contributed by atoms with E-state index >= 15 is 0 Å². The lowest BCUT2D eigenvalue weighted by Crippen LogP contribution is -2.44. The van der Waals surface area contributed by atoms with E-state index in [4.69, 9.17) is 4.74 Å². The minimum atomic E-state index is -1.01. The molecule has 1 atom stereocenters. The summed E-state index contributed by atoms with van der Waals surface area (Å²) in [4.78, 5) is 37.9. The lowest BCUT2D eigenvalue weighted by atomic mass is 9.92. The van der Waals surface area contributed by atoms with Gasteiger partial charge in [0.1, 0.15) is 5.54 Å². The summed E-state index contributed by atoms with van der Waals surface area (Å²) < 4.78 is 18.5. The molecule has 6 nitrogen and oxygen atoms in total. The van der Waals surface area contributed by atoms with Gasteiger partial charge in [0, 0.05) is 5.56 Å². The molecule has 1 aromatic carbocycles. The van der Waals surface area contributed by atoms with Crippen LogP contribution in [0.15, 0.2) is 18.2 Å². The first-order valence-electron chi connectivity index (χ1n) is 8.19. The largest absolute Gasteiger partial charge is 0.494 e. The fourth-order valence-corrected chi connectivity index (χ4v) is 2.71. The smallest absolute Gasteiger partial charge is 0.325 e. The van der Waals surface area contributed by atoms with Gasteiger partial charge in [0.05, 0.1) is 13.7 Å². The van der Waals surface area contributed by atoms with Gasteiger partial charge in [-0.15, -0.1) is 0 Å². The van der Waals surface area contributed by atoms with Gasteiger partial charge >= 0.3 is 6.03 Å². The third-order valence-electron chi connectivity index (χ3n) is 4.34. The van der Waals surface area contributed by atoms with Crippen LogP contribution >= 0.6 is 0 Å². The average molecular weight is 350 g/mol. The highest BCUT2D eigenvalue weighted by Crippen LogP contribution is 2.25. The number of rotatable bonds is 7. The number of imide groups is 1. The van der Waals surface area contributed by atoms with E-state index in [1.807, 2.05) is 13.8 Å². The van der Waals surface area contributed by atoms with Crippen molar-refractivity contribution in [3.63, 3.8) is 0 Å². The molecule has 25 heavy (non-hydrogen) atoms. The number of nitrogens with zero attached hydrogens (tertiary/aromatic N) is 1. The van der Waals surface area contributed by atoms with E-state index in [1.165, 1.54) is 19.2 Å². The van der Waals surface area contributed by atoms with Crippen molar-refractivity contribution in [1.82, 2.24) is 10.2 Å². The second-order valence-electron chi connectivity index (χ2n) is 6.86. The number of methoxy groups -OCH3 is 1. The van der Waals surface area contributed by atoms with E-state index < -0.39 is 35.6 Å². The monoisotopic (exact) mass is 350 g/mol. The summed E-state index contributed by atoms with van der Waals surface area (Å²) in [5.41, 5.74) is -0.929. The zero-order chi connectivity index (χ0) is 18.8. The van der Waals surface area contributed by atoms with Crippen molar-refractivity contribution >= 4 is 17.7 Å². The van der Waals surface area contributed by atoms with Crippen LogP contribution in [0.5, 0.6) is 5.75 Å². The predicted molar refractivity (Wildman–Crippen MR) is 90.0 cm³/mol. The molecule has 3 amide bonds. The molecular weight excluding hydrogens is 327 g/mol. The van der Waals surface area contributed by atoms with Crippen molar-refractivity contribution in [2.45, 2.75) is 39.2 Å². The number of Topliss-reactive ketones (excluding diaryl/α,β-unsaturated/α-hetero) is 1. The second kappa shape index (κ2) is 7.21. The van der Waals surface area contributed by atoms with Gasteiger partial charge < -0.3 is 10.1 Å². The molecule has 1 fully saturated rings. The van der Waals surface area contributed by atoms with Crippen LogP contribution in [0.1, 0.15) is 44.0 Å². The SMILES string of the molecule is COc1ccc(C(=O)CN2C(=O)N[C@](C)(CCC(C)C)C2=O)cc1F. The zero-order valence-electron chi connectivity index (χ0n) is 14.9. The van der Waals surface area contributed by atoms with Crippen molar-refractivity contribution in [3.8, 4) is 5.75 Å². The van der Waals surface area contributed by atoms with Gasteiger partial charge in [-0.3, -0.25) is 14.5 Å². The van der Waals surface area contributed by atoms with Gasteiger partial charge in [0.15, 0.2) is 17.3 Å². The van der Waals surface area contributed by atoms with Gasteiger partial charge in [-0.05, 0) is 43.9 Å². The number of urea groups is 1. The van der Waals surface area contributed by atoms with Crippen LogP contribution in [0.25, 0.3) is 0 Å². The number of benzene rings is 1. The number of carbonyl (C=O) groups is 3. The van der Waals surface area contributed by atoms with Crippen LogP contribution < -0.4 is 10.1 Å². The molecule has 1 N–H and O–H groups in total. The topological polar surface area (TPSA) is 75.7 Å². The third-order valence-corrected chi connectivity index (χ3v) is 4.34. The molecule has 0 aliphatic carbocycles. The summed E-state index contributed by atoms with van der Waals surface area (Å²) in [5.74, 6) is -1.21. The number of ether oxygens (including phenoxy) is 1. The molecule has 0 radical (unpaired) electrons. The summed E-state index contributed by atoms with van der Waals surface area (Å²) in [6.45, 7) is 5.30. The molecule has 0 bridgehead atoms. The first kappa shape index (κ1) is 18.9. The van der Waals surface area contributed by atoms with E-state index in [0.717, 1.165) is 17.4 Å². The van der Waals surface area contributed by atoms with Gasteiger partial charge in [-0.25, -0.2) is 9.18 Å². The molecule has 0 spiro atoms. The Morgan fingerprint density at radius 2 is 2.04 bits per heavy atom. The molecule has 1 heterocycles. The Labute approximate surface area is 146 Å². The summed E-state index contributed by atoms with van der Waals surface area (Å²) >= 11 is 0. The first-order chi connectivity index (χ1) is 11.7. The Hall–Kier alpha value is -2.44. The van der Waals surface area contributed by atoms with E-state index in [2.05, 4.69) is 5.32 Å². The number of hydrogen-bond donors (Lipinski definition) is 1. The van der Waals surface area contributed by atoms with E-state index in [9.17, 15) is 18.8 Å². The van der Waals surface area contributed by atoms with Gasteiger partial charge in [-0.1, -0.05) is 13.8 Å². The van der Waals surface area contributed by atoms with E-state index in [1.54, 1.807) is 6.92 Å². The van der Waals surface area contributed by atoms with Gasteiger partial charge in [0.25, 0.3) is 5.91 Å². The van der Waals surface area contributed by atoms with Crippen LogP contribution in [0.3, 0.4) is 0 Å². The maximum Gasteiger partial charge on any atom is 0.325 e. The number of ketones is 1. The Morgan fingerprint density at radius 3 is 2.60 bits per heavy atom. The second-order valence-corrected chi connectivity index (χ2v) is 6.86. The number of nitrogens with one attached hydrogen (secondary N) is 1. The molecule has 1 aliphatic heterocycles. The maximum atomic E-state index is 13.7. The number of halogens is 1. The van der Waals surface area contributed by atoms with Gasteiger partial charge in [-0.2, -0.15) is 0 Å². The first-order valence-corrected chi connectivity index (χ1v) is 8.19. The summed E-state index contributed by atoms with van der Waals surface area (Å²) in [6.07, 6.45) is 1.27. The minimum absolute atomic E-state index is 0.0211. The zero-order valence-corrected chi connectivity index (χ0v) is 14.9. The molecule has 1 aliphatic rings. The summed E-state index contributed by atoms with van der Waals surface area (Å²) in [5, 5.41) is 2.66. The maximum absolute atomic E-state index is 13.7. The Balaban J connectivity index is 2.11. The Kier molecular flexibility index (Phi) is 5.45. The average Bonchev–Trinajstić information content (AvgIpc) is 2.76. The summed E-state index contributed by atoms with van der Waals surface area (Å²) in [6, 6.07) is 3.18. The fraction of sp³-hybridized carbons (Fsp3) is 0.500. The number of amides is 3. The minimum Gasteiger partial charge on any atom is -0.494 e. The summed E-state index contributed by atoms with van der Waals surface area (Å²) in [7, 11) is 1.32. The lowest BCUT2D eigenvalue weighted by molar-refractivity contribution is -0.130. The molecule has 0 aromatic heterocycles. The molecular formula is C18H23FN2O4. The molecule has 7 heteroatoms. The fourth-order valence-electron chi connectivity index (χ4n) is 2.71. The van der Waals surface area contributed by atoms with Crippen molar-refractivity contribution in [3.05, 3.63) is 29.6 Å². The van der Waals surface area contributed by atoms with E-state index in [-0.39, 0.29) is 11.3 Å². The Morgan fingerprint density at radius 1 is 1.36 bits per heavy atom. The highest BCUT2D eigenvalue weighted by Gasteiger charge is 2.47. The van der Waals surface area contributed by atoms with E-state index in [0.29, 0.717) is 12.3 Å². The van der Waals surface area contributed by atoms with Crippen LogP contribution in [0.2, 0.25) is 0 Å². The molecule has 0 saturated carbocycles. The Bertz CT molecular complexity index is 704. The molecule has 1 saturated heterocycles. The van der Waals surface area contributed by atoms with Crippen molar-refractivity contribution < 1.29 is 23.5 Å². The quantitative estimate of drug-likeness (QED) is 0.606.